The zero-order valence-electron chi connectivity index (χ0n) is 13.3. The molecule has 1 unspecified atom stereocenters. The third kappa shape index (κ3) is 2.97. The number of benzene rings is 2. The first kappa shape index (κ1) is 15.3. The molecule has 0 saturated heterocycles. The number of nitrogens with one attached hydrogen (secondary N) is 1. The van der Waals surface area contributed by atoms with E-state index in [0.29, 0.717) is 17.9 Å². The van der Waals surface area contributed by atoms with Crippen LogP contribution in [0.4, 0.5) is 0 Å². The number of fused-ring (bicyclic) bond motifs is 1. The standard InChI is InChI=1S/C19H19NO3/c1-3-23-19(22)18-12(2)20-17(21)11-16(18)15-9-8-13-6-4-5-7-14(13)10-15/h4-10,16H,3,11H2,1-2H3,(H,20,21). The predicted octanol–water partition coefficient (Wildman–Crippen LogP) is 3.28. The van der Waals surface area contributed by atoms with Crippen molar-refractivity contribution in [2.24, 2.45) is 0 Å². The lowest BCUT2D eigenvalue weighted by molar-refractivity contribution is -0.139. The average molecular weight is 309 g/mol. The van der Waals surface area contributed by atoms with E-state index in [4.69, 9.17) is 4.74 Å². The highest BCUT2D eigenvalue weighted by Gasteiger charge is 2.32. The molecule has 0 aromatic heterocycles. The van der Waals surface area contributed by atoms with Crippen LogP contribution in [-0.4, -0.2) is 18.5 Å². The van der Waals surface area contributed by atoms with Gasteiger partial charge in [-0.1, -0.05) is 42.5 Å². The van der Waals surface area contributed by atoms with Gasteiger partial charge in [0.25, 0.3) is 0 Å². The number of rotatable bonds is 3. The minimum absolute atomic E-state index is 0.0753. The maximum absolute atomic E-state index is 12.3. The molecule has 2 aromatic rings. The first-order chi connectivity index (χ1) is 11.1. The van der Waals surface area contributed by atoms with E-state index < -0.39 is 0 Å². The molecule has 0 fully saturated rings. The molecule has 0 saturated carbocycles. The Morgan fingerprint density at radius 3 is 2.70 bits per heavy atom. The Morgan fingerprint density at radius 1 is 1.22 bits per heavy atom. The normalized spacial score (nSPS) is 18.0. The van der Waals surface area contributed by atoms with Crippen LogP contribution in [0.1, 0.15) is 31.7 Å². The van der Waals surface area contributed by atoms with Crippen molar-refractivity contribution in [3.63, 3.8) is 0 Å². The van der Waals surface area contributed by atoms with Gasteiger partial charge in [-0.3, -0.25) is 4.79 Å². The molecule has 118 valence electrons. The summed E-state index contributed by atoms with van der Waals surface area (Å²) < 4.78 is 5.18. The van der Waals surface area contributed by atoms with E-state index in [-0.39, 0.29) is 24.2 Å². The van der Waals surface area contributed by atoms with Crippen molar-refractivity contribution >= 4 is 22.6 Å². The molecule has 1 amide bonds. The van der Waals surface area contributed by atoms with Gasteiger partial charge < -0.3 is 10.1 Å². The Balaban J connectivity index is 2.07. The summed E-state index contributed by atoms with van der Waals surface area (Å²) in [5, 5.41) is 4.97. The maximum Gasteiger partial charge on any atom is 0.336 e. The largest absolute Gasteiger partial charge is 0.463 e. The van der Waals surface area contributed by atoms with E-state index in [1.54, 1.807) is 13.8 Å². The minimum atomic E-state index is -0.358. The fourth-order valence-corrected chi connectivity index (χ4v) is 3.09. The highest BCUT2D eigenvalue weighted by molar-refractivity contribution is 5.96. The Kier molecular flexibility index (Phi) is 4.15. The van der Waals surface area contributed by atoms with Gasteiger partial charge >= 0.3 is 5.97 Å². The Morgan fingerprint density at radius 2 is 1.96 bits per heavy atom. The van der Waals surface area contributed by atoms with Crippen molar-refractivity contribution in [3.05, 3.63) is 59.3 Å². The maximum atomic E-state index is 12.3. The minimum Gasteiger partial charge on any atom is -0.463 e. The number of allylic oxidation sites excluding steroid dienone is 1. The summed E-state index contributed by atoms with van der Waals surface area (Å²) in [6.07, 6.45) is 0.254. The smallest absolute Gasteiger partial charge is 0.336 e. The van der Waals surface area contributed by atoms with Crippen LogP contribution in [-0.2, 0) is 14.3 Å². The molecular formula is C19H19NO3. The number of hydrogen-bond acceptors (Lipinski definition) is 3. The molecule has 2 aromatic carbocycles. The van der Waals surface area contributed by atoms with Gasteiger partial charge in [0.05, 0.1) is 12.2 Å². The van der Waals surface area contributed by atoms with Crippen LogP contribution >= 0.6 is 0 Å². The molecule has 1 N–H and O–H groups in total. The lowest BCUT2D eigenvalue weighted by atomic mass is 9.84. The molecule has 4 nitrogen and oxygen atoms in total. The Labute approximate surface area is 135 Å². The van der Waals surface area contributed by atoms with E-state index >= 15 is 0 Å². The number of hydrogen-bond donors (Lipinski definition) is 1. The van der Waals surface area contributed by atoms with Gasteiger partial charge in [-0.2, -0.15) is 0 Å². The van der Waals surface area contributed by atoms with Crippen molar-refractivity contribution in [2.45, 2.75) is 26.2 Å². The van der Waals surface area contributed by atoms with Crippen molar-refractivity contribution in [2.75, 3.05) is 6.61 Å². The first-order valence-corrected chi connectivity index (χ1v) is 7.76. The third-order valence-corrected chi connectivity index (χ3v) is 4.14. The molecule has 0 radical (unpaired) electrons. The molecule has 1 heterocycles. The van der Waals surface area contributed by atoms with E-state index in [0.717, 1.165) is 16.3 Å². The fraction of sp³-hybridized carbons (Fsp3) is 0.263. The molecule has 23 heavy (non-hydrogen) atoms. The number of esters is 1. The van der Waals surface area contributed by atoms with Crippen LogP contribution < -0.4 is 5.32 Å². The lowest BCUT2D eigenvalue weighted by Gasteiger charge is -2.26. The van der Waals surface area contributed by atoms with E-state index in [1.165, 1.54) is 0 Å². The third-order valence-electron chi connectivity index (χ3n) is 4.14. The van der Waals surface area contributed by atoms with Gasteiger partial charge in [0.1, 0.15) is 0 Å². The lowest BCUT2D eigenvalue weighted by Crippen LogP contribution is -2.34. The molecule has 1 aliphatic rings. The highest BCUT2D eigenvalue weighted by atomic mass is 16.5. The molecule has 1 aliphatic heterocycles. The quantitative estimate of drug-likeness (QED) is 0.885. The summed E-state index contributed by atoms with van der Waals surface area (Å²) >= 11 is 0. The van der Waals surface area contributed by atoms with Gasteiger partial charge in [0.2, 0.25) is 5.91 Å². The number of carbonyl (C=O) groups excluding carboxylic acids is 2. The summed E-state index contributed by atoms with van der Waals surface area (Å²) in [7, 11) is 0. The molecule has 0 spiro atoms. The van der Waals surface area contributed by atoms with Crippen LogP contribution in [0, 0.1) is 0 Å². The van der Waals surface area contributed by atoms with Crippen molar-refractivity contribution < 1.29 is 14.3 Å². The SMILES string of the molecule is CCOC(=O)C1=C(C)NC(=O)CC1c1ccc2ccccc2c1. The second-order valence-corrected chi connectivity index (χ2v) is 5.67. The van der Waals surface area contributed by atoms with E-state index in [1.807, 2.05) is 42.5 Å². The van der Waals surface area contributed by atoms with E-state index in [9.17, 15) is 9.59 Å². The van der Waals surface area contributed by atoms with E-state index in [2.05, 4.69) is 5.32 Å². The molecular weight excluding hydrogens is 290 g/mol. The van der Waals surface area contributed by atoms with Crippen LogP contribution in [0.15, 0.2) is 53.7 Å². The predicted molar refractivity (Wildman–Crippen MR) is 88.8 cm³/mol. The number of ether oxygens (including phenoxy) is 1. The highest BCUT2D eigenvalue weighted by Crippen LogP contribution is 2.34. The molecule has 1 atom stereocenters. The van der Waals surface area contributed by atoms with Gasteiger partial charge in [-0.05, 0) is 30.2 Å². The van der Waals surface area contributed by atoms with Crippen LogP contribution in [0.2, 0.25) is 0 Å². The second-order valence-electron chi connectivity index (χ2n) is 5.67. The first-order valence-electron chi connectivity index (χ1n) is 7.76. The monoisotopic (exact) mass is 309 g/mol. The summed E-state index contributed by atoms with van der Waals surface area (Å²) in [4.78, 5) is 24.3. The molecule has 0 aliphatic carbocycles. The zero-order chi connectivity index (χ0) is 16.4. The summed E-state index contributed by atoms with van der Waals surface area (Å²) in [5.41, 5.74) is 2.08. The van der Waals surface area contributed by atoms with Gasteiger partial charge in [-0.15, -0.1) is 0 Å². The van der Waals surface area contributed by atoms with Crippen LogP contribution in [0.5, 0.6) is 0 Å². The molecule has 4 heteroatoms. The van der Waals surface area contributed by atoms with Crippen LogP contribution in [0.3, 0.4) is 0 Å². The van der Waals surface area contributed by atoms with Crippen LogP contribution in [0.25, 0.3) is 10.8 Å². The van der Waals surface area contributed by atoms with Crippen molar-refractivity contribution in [3.8, 4) is 0 Å². The summed E-state index contributed by atoms with van der Waals surface area (Å²) in [6.45, 7) is 3.84. The van der Waals surface area contributed by atoms with Gasteiger partial charge in [-0.25, -0.2) is 4.79 Å². The van der Waals surface area contributed by atoms with Gasteiger partial charge in [0.15, 0.2) is 0 Å². The second kappa shape index (κ2) is 6.24. The molecule has 0 bridgehead atoms. The summed E-state index contributed by atoms with van der Waals surface area (Å²) in [6, 6.07) is 14.1. The zero-order valence-corrected chi connectivity index (χ0v) is 13.3. The molecule has 3 rings (SSSR count). The number of carbonyl (C=O) groups is 2. The van der Waals surface area contributed by atoms with Crippen molar-refractivity contribution in [1.82, 2.24) is 5.32 Å². The van der Waals surface area contributed by atoms with Crippen molar-refractivity contribution in [1.29, 1.82) is 0 Å². The fourth-order valence-electron chi connectivity index (χ4n) is 3.09. The average Bonchev–Trinajstić information content (AvgIpc) is 2.53. The van der Waals surface area contributed by atoms with Gasteiger partial charge in [0, 0.05) is 18.0 Å². The Bertz CT molecular complexity index is 807. The topological polar surface area (TPSA) is 55.4 Å². The Hall–Kier alpha value is -2.62. The summed E-state index contributed by atoms with van der Waals surface area (Å²) in [5.74, 6) is -0.704. The number of amides is 1.